The predicted molar refractivity (Wildman–Crippen MR) is 98.1 cm³/mol. The van der Waals surface area contributed by atoms with E-state index in [0.29, 0.717) is 38.8 Å². The van der Waals surface area contributed by atoms with Crippen molar-refractivity contribution in [1.29, 1.82) is 0 Å². The average Bonchev–Trinajstić information content (AvgIpc) is 2.93. The number of anilines is 1. The zero-order valence-electron chi connectivity index (χ0n) is 15.7. The van der Waals surface area contributed by atoms with Crippen LogP contribution in [-0.4, -0.2) is 42.8 Å². The van der Waals surface area contributed by atoms with Crippen molar-refractivity contribution >= 4 is 11.6 Å². The number of ether oxygens (including phenoxy) is 1. The first-order chi connectivity index (χ1) is 12.8. The van der Waals surface area contributed by atoms with Gasteiger partial charge in [-0.15, -0.1) is 0 Å². The lowest BCUT2D eigenvalue weighted by Crippen LogP contribution is -2.45. The monoisotopic (exact) mass is 379 g/mol. The maximum atomic E-state index is 13.1. The van der Waals surface area contributed by atoms with E-state index in [2.05, 4.69) is 0 Å². The molecule has 1 aromatic carbocycles. The van der Waals surface area contributed by atoms with Crippen LogP contribution in [0.2, 0.25) is 0 Å². The Labute approximate surface area is 158 Å². The van der Waals surface area contributed by atoms with Gasteiger partial charge in [-0.3, -0.25) is 4.79 Å². The molecule has 4 rings (SSSR count). The minimum absolute atomic E-state index is 0.0773. The summed E-state index contributed by atoms with van der Waals surface area (Å²) in [6.07, 6.45) is 3.15. The van der Waals surface area contributed by atoms with E-state index in [1.54, 1.807) is 7.11 Å². The first-order valence-electron chi connectivity index (χ1n) is 9.77. The number of alkyl halides is 2. The quantitative estimate of drug-likeness (QED) is 0.864. The van der Waals surface area contributed by atoms with Crippen LogP contribution < -0.4 is 4.90 Å². The summed E-state index contributed by atoms with van der Waals surface area (Å²) in [5, 5.41) is 10.5. The third-order valence-corrected chi connectivity index (χ3v) is 6.83. The number of carbonyl (C=O) groups excluding carboxylic acids is 1. The second-order valence-corrected chi connectivity index (χ2v) is 8.70. The molecule has 0 aromatic heterocycles. The molecule has 4 nitrogen and oxygen atoms in total. The van der Waals surface area contributed by atoms with E-state index in [-0.39, 0.29) is 30.1 Å². The topological polar surface area (TPSA) is 49.8 Å². The summed E-state index contributed by atoms with van der Waals surface area (Å²) in [6, 6.07) is 7.52. The van der Waals surface area contributed by atoms with Crippen molar-refractivity contribution in [2.24, 2.45) is 5.41 Å². The molecule has 1 saturated heterocycles. The van der Waals surface area contributed by atoms with E-state index in [1.807, 2.05) is 29.2 Å². The number of hydrogen-bond donors (Lipinski definition) is 1. The number of methoxy groups -OCH3 is 1. The maximum absolute atomic E-state index is 13.1. The molecule has 0 unspecified atom stereocenters. The van der Waals surface area contributed by atoms with Crippen LogP contribution in [0.1, 0.15) is 56.4 Å². The summed E-state index contributed by atoms with van der Waals surface area (Å²) < 4.78 is 31.3. The fraction of sp³-hybridized carbons (Fsp3) is 0.667. The fourth-order valence-corrected chi connectivity index (χ4v) is 4.96. The second kappa shape index (κ2) is 6.52. The number of carbonyl (C=O) groups is 1. The van der Waals surface area contributed by atoms with Crippen molar-refractivity contribution in [2.45, 2.75) is 62.4 Å². The maximum Gasteiger partial charge on any atom is 0.249 e. The molecule has 27 heavy (non-hydrogen) atoms. The lowest BCUT2D eigenvalue weighted by Gasteiger charge is -2.40. The summed E-state index contributed by atoms with van der Waals surface area (Å²) in [4.78, 5) is 15.0. The molecule has 0 atom stereocenters. The number of aliphatic hydroxyl groups is 1. The van der Waals surface area contributed by atoms with Crippen molar-refractivity contribution in [3.8, 4) is 0 Å². The van der Waals surface area contributed by atoms with Gasteiger partial charge in [-0.2, -0.15) is 0 Å². The molecule has 1 aliphatic heterocycles. The summed E-state index contributed by atoms with van der Waals surface area (Å²) in [6.45, 7) is 0.977. The third kappa shape index (κ3) is 3.38. The van der Waals surface area contributed by atoms with Crippen LogP contribution in [0.25, 0.3) is 0 Å². The van der Waals surface area contributed by atoms with Gasteiger partial charge in [-0.05, 0) is 55.7 Å². The Morgan fingerprint density at radius 2 is 1.74 bits per heavy atom. The van der Waals surface area contributed by atoms with Gasteiger partial charge in [-0.25, -0.2) is 8.78 Å². The van der Waals surface area contributed by atoms with Gasteiger partial charge in [0.05, 0.1) is 17.6 Å². The Bertz CT molecular complexity index is 703. The number of benzene rings is 1. The summed E-state index contributed by atoms with van der Waals surface area (Å²) in [5.74, 6) is -2.47. The summed E-state index contributed by atoms with van der Waals surface area (Å²) in [7, 11) is 1.58. The first-order valence-corrected chi connectivity index (χ1v) is 9.77. The van der Waals surface area contributed by atoms with E-state index < -0.39 is 11.5 Å². The Balaban J connectivity index is 1.42. The van der Waals surface area contributed by atoms with Gasteiger partial charge in [-0.1, -0.05) is 12.1 Å². The molecule has 0 bridgehead atoms. The van der Waals surface area contributed by atoms with Crippen molar-refractivity contribution < 1.29 is 23.4 Å². The van der Waals surface area contributed by atoms with Crippen molar-refractivity contribution in [2.75, 3.05) is 25.2 Å². The van der Waals surface area contributed by atoms with Crippen molar-refractivity contribution in [3.05, 3.63) is 29.8 Å². The SMILES string of the molecule is COCC1(O)CCC2(CCN(c3ccc(C4CC(F)(F)C4)cc3)C2=O)CC1. The molecule has 3 aliphatic rings. The molecular weight excluding hydrogens is 352 g/mol. The molecule has 2 aliphatic carbocycles. The van der Waals surface area contributed by atoms with Crippen LogP contribution in [-0.2, 0) is 9.53 Å². The van der Waals surface area contributed by atoms with Crippen molar-refractivity contribution in [1.82, 2.24) is 0 Å². The molecule has 148 valence electrons. The molecule has 1 heterocycles. The smallest absolute Gasteiger partial charge is 0.249 e. The normalized spacial score (nSPS) is 29.9. The summed E-state index contributed by atoms with van der Waals surface area (Å²) in [5.41, 5.74) is 0.562. The summed E-state index contributed by atoms with van der Waals surface area (Å²) >= 11 is 0. The molecule has 1 aromatic rings. The van der Waals surface area contributed by atoms with Crippen LogP contribution in [0.15, 0.2) is 24.3 Å². The van der Waals surface area contributed by atoms with Crippen LogP contribution in [0.3, 0.4) is 0 Å². The zero-order chi connectivity index (χ0) is 19.3. The molecule has 2 saturated carbocycles. The predicted octanol–water partition coefficient (Wildman–Crippen LogP) is 3.87. The molecule has 6 heteroatoms. The Morgan fingerprint density at radius 3 is 2.30 bits per heavy atom. The highest BCUT2D eigenvalue weighted by atomic mass is 19.3. The van der Waals surface area contributed by atoms with Crippen LogP contribution >= 0.6 is 0 Å². The minimum atomic E-state index is -2.52. The highest BCUT2D eigenvalue weighted by Crippen LogP contribution is 2.50. The van der Waals surface area contributed by atoms with E-state index in [9.17, 15) is 18.7 Å². The Hall–Kier alpha value is -1.53. The first kappa shape index (κ1) is 18.8. The molecule has 1 N–H and O–H groups in total. The fourth-order valence-electron chi connectivity index (χ4n) is 4.96. The van der Waals surface area contributed by atoms with Crippen LogP contribution in [0.5, 0.6) is 0 Å². The molecule has 1 spiro atoms. The zero-order valence-corrected chi connectivity index (χ0v) is 15.7. The lowest BCUT2D eigenvalue weighted by molar-refractivity contribution is -0.133. The van der Waals surface area contributed by atoms with Crippen LogP contribution in [0, 0.1) is 5.41 Å². The van der Waals surface area contributed by atoms with Crippen molar-refractivity contribution in [3.63, 3.8) is 0 Å². The highest BCUT2D eigenvalue weighted by molar-refractivity contribution is 6.00. The minimum Gasteiger partial charge on any atom is -0.387 e. The number of rotatable bonds is 4. The third-order valence-electron chi connectivity index (χ3n) is 6.83. The molecule has 1 amide bonds. The number of nitrogens with zero attached hydrogens (tertiary/aromatic N) is 1. The van der Waals surface area contributed by atoms with Gasteiger partial charge >= 0.3 is 0 Å². The van der Waals surface area contributed by atoms with Gasteiger partial charge in [0, 0.05) is 32.2 Å². The standard InChI is InChI=1S/C21H27F2NO3/c1-27-14-20(26)8-6-19(7-9-20)10-11-24(18(19)25)17-4-2-15(3-5-17)16-12-21(22,23)13-16/h2-5,16,26H,6-14H2,1H3. The Kier molecular flexibility index (Phi) is 4.54. The number of amides is 1. The average molecular weight is 379 g/mol. The van der Waals surface area contributed by atoms with E-state index in [4.69, 9.17) is 4.74 Å². The van der Waals surface area contributed by atoms with E-state index >= 15 is 0 Å². The molecule has 0 radical (unpaired) electrons. The highest BCUT2D eigenvalue weighted by Gasteiger charge is 2.51. The van der Waals surface area contributed by atoms with Gasteiger partial charge < -0.3 is 14.7 Å². The number of halogens is 2. The van der Waals surface area contributed by atoms with Gasteiger partial charge in [0.2, 0.25) is 11.8 Å². The van der Waals surface area contributed by atoms with Crippen LogP contribution in [0.4, 0.5) is 14.5 Å². The van der Waals surface area contributed by atoms with Gasteiger partial charge in [0.15, 0.2) is 0 Å². The number of hydrogen-bond acceptors (Lipinski definition) is 3. The van der Waals surface area contributed by atoms with E-state index in [1.165, 1.54) is 0 Å². The Morgan fingerprint density at radius 1 is 1.11 bits per heavy atom. The lowest BCUT2D eigenvalue weighted by atomic mass is 9.68. The second-order valence-electron chi connectivity index (χ2n) is 8.70. The van der Waals surface area contributed by atoms with E-state index in [0.717, 1.165) is 17.7 Å². The molecule has 3 fully saturated rings. The largest absolute Gasteiger partial charge is 0.387 e. The van der Waals surface area contributed by atoms with Gasteiger partial charge in [0.25, 0.3) is 0 Å². The molecular formula is C21H27F2NO3. The van der Waals surface area contributed by atoms with Gasteiger partial charge in [0.1, 0.15) is 0 Å².